The van der Waals surface area contributed by atoms with Gasteiger partial charge in [0.15, 0.2) is 5.84 Å². The van der Waals surface area contributed by atoms with E-state index in [0.717, 1.165) is 12.1 Å². The molecule has 28 heavy (non-hydrogen) atoms. The second-order valence-electron chi connectivity index (χ2n) is 5.77. The number of oxime groups is 1. The molecule has 2 N–H and O–H groups in total. The van der Waals surface area contributed by atoms with Gasteiger partial charge in [0.1, 0.15) is 0 Å². The van der Waals surface area contributed by atoms with E-state index in [1.165, 1.54) is 12.1 Å². The zero-order chi connectivity index (χ0) is 20.3. The molecule has 3 aromatic rings. The van der Waals surface area contributed by atoms with Crippen LogP contribution in [0.3, 0.4) is 0 Å². The molecule has 0 aliphatic rings. The van der Waals surface area contributed by atoms with Crippen molar-refractivity contribution >= 4 is 17.4 Å². The molecule has 0 aliphatic carbocycles. The lowest BCUT2D eigenvalue weighted by atomic mass is 10.1. The first-order chi connectivity index (χ1) is 13.2. The molecule has 0 radical (unpaired) electrons. The lowest BCUT2D eigenvalue weighted by Gasteiger charge is -2.07. The Bertz CT molecular complexity index is 1000. The maximum Gasteiger partial charge on any atom is 0.416 e. The highest BCUT2D eigenvalue weighted by Gasteiger charge is 2.31. The first kappa shape index (κ1) is 19.7. The standard InChI is InChI=1S/C18H14ClF3N4O2/c1-10(27-25-15(23)11-4-3-7-14(19)9-11)17-24-16(26-28-17)12-5-2-6-13(8-12)18(20,21)22/h2-10H,1H3,(H2,23,25)/t10-/m1/s1. The van der Waals surface area contributed by atoms with Crippen molar-refractivity contribution in [3.63, 3.8) is 0 Å². The molecule has 0 amide bonds. The quantitative estimate of drug-likeness (QED) is 0.370. The average molecular weight is 411 g/mol. The smallest absolute Gasteiger partial charge is 0.381 e. The number of amidine groups is 1. The Morgan fingerprint density at radius 3 is 2.68 bits per heavy atom. The Hall–Kier alpha value is -3.07. The van der Waals surface area contributed by atoms with Crippen LogP contribution in [-0.2, 0) is 11.0 Å². The van der Waals surface area contributed by atoms with Crippen molar-refractivity contribution in [2.24, 2.45) is 10.9 Å². The monoisotopic (exact) mass is 410 g/mol. The van der Waals surface area contributed by atoms with Crippen LogP contribution < -0.4 is 5.73 Å². The van der Waals surface area contributed by atoms with Crippen LogP contribution in [0.5, 0.6) is 0 Å². The molecule has 10 heteroatoms. The molecule has 1 heterocycles. The summed E-state index contributed by atoms with van der Waals surface area (Å²) < 4.78 is 43.6. The summed E-state index contributed by atoms with van der Waals surface area (Å²) in [5.74, 6) is 0.130. The largest absolute Gasteiger partial charge is 0.416 e. The molecule has 146 valence electrons. The summed E-state index contributed by atoms with van der Waals surface area (Å²) in [6, 6.07) is 11.3. The molecule has 1 aromatic heterocycles. The summed E-state index contributed by atoms with van der Waals surface area (Å²) in [7, 11) is 0. The van der Waals surface area contributed by atoms with E-state index < -0.39 is 17.8 Å². The molecular formula is C18H14ClF3N4O2. The highest BCUT2D eigenvalue weighted by Crippen LogP contribution is 2.31. The molecule has 0 unspecified atom stereocenters. The van der Waals surface area contributed by atoms with Crippen LogP contribution in [0, 0.1) is 0 Å². The second kappa shape index (κ2) is 7.89. The van der Waals surface area contributed by atoms with Gasteiger partial charge in [0.05, 0.1) is 5.56 Å². The number of hydrogen-bond acceptors (Lipinski definition) is 5. The fourth-order valence-corrected chi connectivity index (χ4v) is 2.42. The van der Waals surface area contributed by atoms with Crippen LogP contribution in [0.1, 0.15) is 30.0 Å². The molecule has 3 rings (SSSR count). The summed E-state index contributed by atoms with van der Waals surface area (Å²) in [6.07, 6.45) is -5.24. The van der Waals surface area contributed by atoms with E-state index in [1.54, 1.807) is 31.2 Å². The van der Waals surface area contributed by atoms with Crippen molar-refractivity contribution in [1.29, 1.82) is 0 Å². The van der Waals surface area contributed by atoms with E-state index in [2.05, 4.69) is 15.3 Å². The Kier molecular flexibility index (Phi) is 5.55. The molecule has 2 aromatic carbocycles. The van der Waals surface area contributed by atoms with E-state index in [-0.39, 0.29) is 23.1 Å². The number of nitrogens with zero attached hydrogens (tertiary/aromatic N) is 3. The SMILES string of the molecule is C[C@@H](O/N=C(\N)c1cccc(Cl)c1)c1nc(-c2cccc(C(F)(F)F)c2)no1. The van der Waals surface area contributed by atoms with Crippen molar-refractivity contribution in [3.05, 3.63) is 70.6 Å². The van der Waals surface area contributed by atoms with Gasteiger partial charge in [-0.05, 0) is 31.2 Å². The molecular weight excluding hydrogens is 397 g/mol. The maximum atomic E-state index is 12.8. The van der Waals surface area contributed by atoms with E-state index in [9.17, 15) is 13.2 Å². The van der Waals surface area contributed by atoms with Gasteiger partial charge < -0.3 is 15.1 Å². The van der Waals surface area contributed by atoms with Gasteiger partial charge in [0, 0.05) is 16.1 Å². The summed E-state index contributed by atoms with van der Waals surface area (Å²) in [5, 5.41) is 7.99. The van der Waals surface area contributed by atoms with Crippen LogP contribution in [0.2, 0.25) is 5.02 Å². The summed E-state index contributed by atoms with van der Waals surface area (Å²) >= 11 is 5.89. The predicted octanol–water partition coefficient (Wildman–Crippen LogP) is 4.81. The van der Waals surface area contributed by atoms with Crippen molar-refractivity contribution in [2.75, 3.05) is 0 Å². The van der Waals surface area contributed by atoms with Crippen LogP contribution in [0.25, 0.3) is 11.4 Å². The van der Waals surface area contributed by atoms with E-state index in [1.807, 2.05) is 0 Å². The first-order valence-corrected chi connectivity index (χ1v) is 8.38. The normalized spacial score (nSPS) is 13.4. The number of aromatic nitrogens is 2. The molecule has 0 aliphatic heterocycles. The minimum atomic E-state index is -4.47. The second-order valence-corrected chi connectivity index (χ2v) is 6.21. The van der Waals surface area contributed by atoms with Crippen LogP contribution in [0.15, 0.2) is 58.2 Å². The van der Waals surface area contributed by atoms with Crippen molar-refractivity contribution < 1.29 is 22.5 Å². The Morgan fingerprint density at radius 1 is 1.21 bits per heavy atom. The van der Waals surface area contributed by atoms with E-state index >= 15 is 0 Å². The lowest BCUT2D eigenvalue weighted by Crippen LogP contribution is -2.14. The molecule has 1 atom stereocenters. The minimum absolute atomic E-state index is 0.00310. The lowest BCUT2D eigenvalue weighted by molar-refractivity contribution is -0.137. The van der Waals surface area contributed by atoms with Gasteiger partial charge in [-0.2, -0.15) is 18.2 Å². The molecule has 0 bridgehead atoms. The highest BCUT2D eigenvalue weighted by atomic mass is 35.5. The molecule has 0 saturated heterocycles. The predicted molar refractivity (Wildman–Crippen MR) is 96.4 cm³/mol. The third kappa shape index (κ3) is 4.61. The van der Waals surface area contributed by atoms with Crippen molar-refractivity contribution in [2.45, 2.75) is 19.2 Å². The van der Waals surface area contributed by atoms with Gasteiger partial charge in [-0.1, -0.05) is 46.2 Å². The van der Waals surface area contributed by atoms with Gasteiger partial charge in [-0.25, -0.2) is 0 Å². The number of nitrogens with two attached hydrogens (primary N) is 1. The molecule has 0 spiro atoms. The summed E-state index contributed by atoms with van der Waals surface area (Å²) in [6.45, 7) is 1.58. The third-order valence-corrected chi connectivity index (χ3v) is 3.90. The molecule has 0 saturated carbocycles. The van der Waals surface area contributed by atoms with Crippen LogP contribution in [-0.4, -0.2) is 16.0 Å². The van der Waals surface area contributed by atoms with Gasteiger partial charge >= 0.3 is 6.18 Å². The third-order valence-electron chi connectivity index (χ3n) is 3.67. The number of hydrogen-bond donors (Lipinski definition) is 1. The highest BCUT2D eigenvalue weighted by molar-refractivity contribution is 6.31. The fourth-order valence-electron chi connectivity index (χ4n) is 2.23. The molecule has 0 fully saturated rings. The van der Waals surface area contributed by atoms with Gasteiger partial charge in [0.25, 0.3) is 5.89 Å². The number of halogens is 4. The fraction of sp³-hybridized carbons (Fsp3) is 0.167. The summed E-state index contributed by atoms with van der Waals surface area (Å²) in [5.41, 5.74) is 5.76. The summed E-state index contributed by atoms with van der Waals surface area (Å²) in [4.78, 5) is 9.32. The Balaban J connectivity index is 1.74. The average Bonchev–Trinajstić information content (AvgIpc) is 3.15. The minimum Gasteiger partial charge on any atom is -0.381 e. The Morgan fingerprint density at radius 2 is 1.96 bits per heavy atom. The van der Waals surface area contributed by atoms with Crippen molar-refractivity contribution in [1.82, 2.24) is 10.1 Å². The number of rotatable bonds is 5. The van der Waals surface area contributed by atoms with Crippen molar-refractivity contribution in [3.8, 4) is 11.4 Å². The topological polar surface area (TPSA) is 86.5 Å². The number of benzene rings is 2. The molecule has 6 nitrogen and oxygen atoms in total. The van der Waals surface area contributed by atoms with Gasteiger partial charge in [-0.15, -0.1) is 0 Å². The van der Waals surface area contributed by atoms with Crippen LogP contribution in [0.4, 0.5) is 13.2 Å². The zero-order valence-electron chi connectivity index (χ0n) is 14.4. The van der Waals surface area contributed by atoms with Gasteiger partial charge in [-0.3, -0.25) is 0 Å². The van der Waals surface area contributed by atoms with E-state index in [0.29, 0.717) is 10.6 Å². The maximum absolute atomic E-state index is 12.8. The van der Waals surface area contributed by atoms with Gasteiger partial charge in [0.2, 0.25) is 11.9 Å². The zero-order valence-corrected chi connectivity index (χ0v) is 15.2. The first-order valence-electron chi connectivity index (χ1n) is 8.00. The number of alkyl halides is 3. The van der Waals surface area contributed by atoms with Crippen LogP contribution >= 0.6 is 11.6 Å². The van der Waals surface area contributed by atoms with E-state index in [4.69, 9.17) is 26.7 Å². The Labute approximate surface area is 162 Å².